The van der Waals surface area contributed by atoms with Crippen LogP contribution < -0.4 is 16.6 Å². The molecule has 2 aromatic rings. The first-order chi connectivity index (χ1) is 11.7. The normalized spacial score (nSPS) is 26.6. The highest BCUT2D eigenvalue weighted by Crippen LogP contribution is 2.50. The zero-order chi connectivity index (χ0) is 18.4. The molecule has 9 heteroatoms. The van der Waals surface area contributed by atoms with Crippen LogP contribution in [0.25, 0.3) is 0 Å². The van der Waals surface area contributed by atoms with Gasteiger partial charge in [-0.15, -0.1) is 0 Å². The number of H-pyrrole nitrogens is 1. The number of halogens is 1. The average Bonchev–Trinajstić information content (AvgIpc) is 2.87. The van der Waals surface area contributed by atoms with Gasteiger partial charge in [0.1, 0.15) is 12.3 Å². The average molecular weight is 384 g/mol. The number of aromatic amines is 1. The second-order valence-corrected chi connectivity index (χ2v) is 8.38. The summed E-state index contributed by atoms with van der Waals surface area (Å²) in [6, 6.07) is 6.38. The van der Waals surface area contributed by atoms with Crippen molar-refractivity contribution in [2.75, 3.05) is 0 Å². The van der Waals surface area contributed by atoms with Crippen LogP contribution in [0, 0.1) is 6.92 Å². The van der Waals surface area contributed by atoms with E-state index in [1.807, 2.05) is 0 Å². The SMILES string of the molecule is Cc1cn([C@H]2C[C@@](O)([P+](=O)c3ccc(Cl)cc3)[C@@H](C)O2)c(=O)[nH]c1=O. The number of benzene rings is 1. The van der Waals surface area contributed by atoms with E-state index in [0.29, 0.717) is 15.9 Å². The van der Waals surface area contributed by atoms with Crippen molar-refractivity contribution in [2.45, 2.75) is 37.9 Å². The van der Waals surface area contributed by atoms with Gasteiger partial charge in [0.05, 0.1) is 6.42 Å². The van der Waals surface area contributed by atoms with Crippen molar-refractivity contribution in [3.05, 3.63) is 61.9 Å². The van der Waals surface area contributed by atoms with E-state index in [9.17, 15) is 19.3 Å². The van der Waals surface area contributed by atoms with Gasteiger partial charge in [-0.05, 0) is 38.1 Å². The van der Waals surface area contributed by atoms with Crippen LogP contribution in [0.3, 0.4) is 0 Å². The molecule has 1 aliphatic heterocycles. The van der Waals surface area contributed by atoms with E-state index in [0.717, 1.165) is 0 Å². The molecular weight excluding hydrogens is 367 g/mol. The highest BCUT2D eigenvalue weighted by Gasteiger charge is 2.60. The first-order valence-corrected chi connectivity index (χ1v) is 9.29. The number of nitrogens with zero attached hydrogens (tertiary/aromatic N) is 1. The fourth-order valence-corrected chi connectivity index (χ4v) is 4.53. The van der Waals surface area contributed by atoms with E-state index in [1.165, 1.54) is 10.8 Å². The van der Waals surface area contributed by atoms with Gasteiger partial charge in [0.25, 0.3) is 10.9 Å². The molecule has 25 heavy (non-hydrogen) atoms. The molecule has 1 fully saturated rings. The molecule has 0 bridgehead atoms. The second-order valence-electron chi connectivity index (χ2n) is 6.07. The number of hydrogen-bond acceptors (Lipinski definition) is 5. The highest BCUT2D eigenvalue weighted by molar-refractivity contribution is 7.55. The number of aryl methyl sites for hydroxylation is 1. The van der Waals surface area contributed by atoms with Gasteiger partial charge in [0.15, 0.2) is 5.30 Å². The zero-order valence-corrected chi connectivity index (χ0v) is 15.3. The lowest BCUT2D eigenvalue weighted by Crippen LogP contribution is -2.35. The third-order valence-corrected chi connectivity index (χ3v) is 6.62. The fourth-order valence-electron chi connectivity index (χ4n) is 2.83. The van der Waals surface area contributed by atoms with E-state index >= 15 is 0 Å². The van der Waals surface area contributed by atoms with Crippen molar-refractivity contribution in [3.8, 4) is 0 Å². The zero-order valence-electron chi connectivity index (χ0n) is 13.6. The predicted molar refractivity (Wildman–Crippen MR) is 93.9 cm³/mol. The van der Waals surface area contributed by atoms with Crippen LogP contribution in [0.15, 0.2) is 40.1 Å². The van der Waals surface area contributed by atoms with E-state index in [2.05, 4.69) is 4.98 Å². The van der Waals surface area contributed by atoms with Crippen LogP contribution in [0.4, 0.5) is 0 Å². The lowest BCUT2D eigenvalue weighted by Gasteiger charge is -2.13. The number of aromatic nitrogens is 2. The quantitative estimate of drug-likeness (QED) is 0.785. The summed E-state index contributed by atoms with van der Waals surface area (Å²) in [5, 5.41) is 10.3. The maximum Gasteiger partial charge on any atom is 0.414 e. The van der Waals surface area contributed by atoms with Gasteiger partial charge in [-0.3, -0.25) is 14.3 Å². The number of hydrogen-bond donors (Lipinski definition) is 2. The van der Waals surface area contributed by atoms with E-state index in [1.54, 1.807) is 38.1 Å². The van der Waals surface area contributed by atoms with E-state index < -0.39 is 36.7 Å². The Hall–Kier alpha value is -1.79. The number of nitrogens with one attached hydrogen (secondary N) is 1. The van der Waals surface area contributed by atoms with Crippen molar-refractivity contribution in [1.29, 1.82) is 0 Å². The molecule has 2 heterocycles. The standard InChI is InChI=1S/C16H16ClN2O5P/c1-9-8-19(15(21)18-14(9)20)13-7-16(22,10(2)24-13)25(23)12-5-3-11(17)4-6-12/h3-6,8,10,13,22H,7H2,1-2H3/p+1/t10-,13-,16-/m1/s1. The van der Waals surface area contributed by atoms with E-state index in [-0.39, 0.29) is 6.42 Å². The van der Waals surface area contributed by atoms with Crippen molar-refractivity contribution in [1.82, 2.24) is 9.55 Å². The lowest BCUT2D eigenvalue weighted by molar-refractivity contribution is -0.0193. The first-order valence-electron chi connectivity index (χ1n) is 7.65. The number of ether oxygens (including phenoxy) is 1. The summed E-state index contributed by atoms with van der Waals surface area (Å²) in [5.41, 5.74) is -0.776. The van der Waals surface area contributed by atoms with Crippen LogP contribution in [0.5, 0.6) is 0 Å². The Bertz CT molecular complexity index is 939. The highest BCUT2D eigenvalue weighted by atomic mass is 35.5. The summed E-state index contributed by atoms with van der Waals surface area (Å²) < 4.78 is 19.8. The summed E-state index contributed by atoms with van der Waals surface area (Å²) in [5.74, 6) is 0. The van der Waals surface area contributed by atoms with Gasteiger partial charge in [-0.25, -0.2) is 4.79 Å². The maximum atomic E-state index is 12.9. The number of rotatable bonds is 3. The van der Waals surface area contributed by atoms with Gasteiger partial charge in [-0.1, -0.05) is 16.2 Å². The Balaban J connectivity index is 1.94. The van der Waals surface area contributed by atoms with Crippen LogP contribution in [-0.2, 0) is 9.30 Å². The monoisotopic (exact) mass is 383 g/mol. The van der Waals surface area contributed by atoms with Crippen molar-refractivity contribution in [3.63, 3.8) is 0 Å². The molecule has 1 aromatic heterocycles. The van der Waals surface area contributed by atoms with Crippen LogP contribution >= 0.6 is 19.4 Å². The predicted octanol–water partition coefficient (Wildman–Crippen LogP) is 1.65. The van der Waals surface area contributed by atoms with Gasteiger partial charge >= 0.3 is 13.5 Å². The molecule has 0 saturated carbocycles. The molecule has 1 aliphatic rings. The third kappa shape index (κ3) is 3.20. The minimum absolute atomic E-state index is 0.0443. The van der Waals surface area contributed by atoms with Crippen molar-refractivity contribution in [2.24, 2.45) is 0 Å². The Morgan fingerprint density at radius 1 is 1.36 bits per heavy atom. The molecule has 1 aromatic carbocycles. The van der Waals surface area contributed by atoms with Crippen LogP contribution in [0.2, 0.25) is 5.02 Å². The molecule has 7 nitrogen and oxygen atoms in total. The van der Waals surface area contributed by atoms with Crippen molar-refractivity contribution >= 4 is 24.7 Å². The third-order valence-electron chi connectivity index (χ3n) is 4.36. The smallest absolute Gasteiger partial charge is 0.347 e. The summed E-state index contributed by atoms with van der Waals surface area (Å²) in [6.45, 7) is 3.17. The second kappa shape index (κ2) is 6.50. The van der Waals surface area contributed by atoms with Crippen LogP contribution in [0.1, 0.15) is 25.1 Å². The lowest BCUT2D eigenvalue weighted by atomic mass is 10.2. The summed E-state index contributed by atoms with van der Waals surface area (Å²) in [4.78, 5) is 25.7. The summed E-state index contributed by atoms with van der Waals surface area (Å²) in [6.07, 6.45) is -0.262. The summed E-state index contributed by atoms with van der Waals surface area (Å²) in [7, 11) is -2.22. The fraction of sp³-hybridized carbons (Fsp3) is 0.375. The maximum absolute atomic E-state index is 12.9. The molecule has 4 atom stereocenters. The molecule has 132 valence electrons. The molecule has 3 rings (SSSR count). The first kappa shape index (κ1) is 18.0. The Kier molecular flexibility index (Phi) is 4.68. The van der Waals surface area contributed by atoms with Gasteiger partial charge in [-0.2, -0.15) is 0 Å². The molecule has 1 saturated heterocycles. The molecule has 2 N–H and O–H groups in total. The summed E-state index contributed by atoms with van der Waals surface area (Å²) >= 11 is 5.84. The molecular formula is C16H17ClN2O5P+. The van der Waals surface area contributed by atoms with Gasteiger partial charge < -0.3 is 9.84 Å². The van der Waals surface area contributed by atoms with Crippen molar-refractivity contribution < 1.29 is 14.4 Å². The minimum atomic E-state index is -2.22. The molecule has 0 radical (unpaired) electrons. The van der Waals surface area contributed by atoms with Gasteiger partial charge in [0.2, 0.25) is 0 Å². The minimum Gasteiger partial charge on any atom is -0.347 e. The van der Waals surface area contributed by atoms with E-state index in [4.69, 9.17) is 16.3 Å². The Morgan fingerprint density at radius 3 is 2.64 bits per heavy atom. The van der Waals surface area contributed by atoms with Crippen LogP contribution in [-0.4, -0.2) is 26.1 Å². The molecule has 0 spiro atoms. The Labute approximate surface area is 149 Å². The Morgan fingerprint density at radius 2 is 2.00 bits per heavy atom. The van der Waals surface area contributed by atoms with Gasteiger partial charge in [0, 0.05) is 16.8 Å². The topological polar surface area (TPSA) is 101 Å². The largest absolute Gasteiger partial charge is 0.414 e. The molecule has 1 unspecified atom stereocenters. The molecule has 0 aliphatic carbocycles. The molecule has 0 amide bonds. The number of aliphatic hydroxyl groups is 1.